The molecule has 2 aromatic carbocycles. The van der Waals surface area contributed by atoms with Gasteiger partial charge in [0.2, 0.25) is 0 Å². The molecule has 23 heavy (non-hydrogen) atoms. The molecule has 1 aliphatic rings. The lowest BCUT2D eigenvalue weighted by Gasteiger charge is -2.23. The van der Waals surface area contributed by atoms with Crippen molar-refractivity contribution in [2.75, 3.05) is 23.4 Å². The van der Waals surface area contributed by atoms with Gasteiger partial charge in [-0.2, -0.15) is 0 Å². The van der Waals surface area contributed by atoms with E-state index in [1.807, 2.05) is 31.2 Å². The molecule has 0 aliphatic carbocycles. The van der Waals surface area contributed by atoms with E-state index in [1.165, 1.54) is 11.3 Å². The highest BCUT2D eigenvalue weighted by atomic mass is 16.5. The molecule has 0 spiro atoms. The van der Waals surface area contributed by atoms with Crippen LogP contribution in [0.15, 0.2) is 48.5 Å². The summed E-state index contributed by atoms with van der Waals surface area (Å²) >= 11 is 0. The van der Waals surface area contributed by atoms with E-state index < -0.39 is 6.10 Å². The Morgan fingerprint density at radius 2 is 1.87 bits per heavy atom. The van der Waals surface area contributed by atoms with Crippen LogP contribution in [0.2, 0.25) is 0 Å². The predicted molar refractivity (Wildman–Crippen MR) is 93.3 cm³/mol. The van der Waals surface area contributed by atoms with Gasteiger partial charge in [-0.3, -0.25) is 4.79 Å². The molecule has 1 N–H and O–H groups in total. The summed E-state index contributed by atoms with van der Waals surface area (Å²) < 4.78 is 5.37. The first-order valence-electron chi connectivity index (χ1n) is 8.07. The Hall–Kier alpha value is -2.33. The number of hydrogen-bond acceptors (Lipinski definition) is 3. The summed E-state index contributed by atoms with van der Waals surface area (Å²) in [5.74, 6) is -0.119. The van der Waals surface area contributed by atoms with Crippen LogP contribution < -0.4 is 10.2 Å². The Balaban J connectivity index is 1.86. The minimum Gasteiger partial charge on any atom is -0.369 e. The quantitative estimate of drug-likeness (QED) is 0.914. The molecule has 4 nitrogen and oxygen atoms in total. The predicted octanol–water partition coefficient (Wildman–Crippen LogP) is 3.74. The maximum atomic E-state index is 12.3. The lowest BCUT2D eigenvalue weighted by Crippen LogP contribution is -2.28. The number of nitrogens with one attached hydrogen (secondary N) is 1. The maximum absolute atomic E-state index is 12.3. The summed E-state index contributed by atoms with van der Waals surface area (Å²) in [6, 6.07) is 16.3. The SMILES string of the molecule is CCOC(C)C(=O)Nc1ccccc1N1CCc2ccccc21. The highest BCUT2D eigenvalue weighted by molar-refractivity contribution is 5.97. The Labute approximate surface area is 137 Å². The monoisotopic (exact) mass is 310 g/mol. The normalized spacial score (nSPS) is 14.4. The number of ether oxygens (including phenoxy) is 1. The van der Waals surface area contributed by atoms with Crippen molar-refractivity contribution in [3.63, 3.8) is 0 Å². The van der Waals surface area contributed by atoms with Gasteiger partial charge in [-0.15, -0.1) is 0 Å². The van der Waals surface area contributed by atoms with Crippen LogP contribution in [0, 0.1) is 0 Å². The van der Waals surface area contributed by atoms with Gasteiger partial charge in [0, 0.05) is 18.8 Å². The number of nitrogens with zero attached hydrogens (tertiary/aromatic N) is 1. The van der Waals surface area contributed by atoms with Gasteiger partial charge in [-0.1, -0.05) is 30.3 Å². The van der Waals surface area contributed by atoms with Crippen LogP contribution in [0.1, 0.15) is 19.4 Å². The molecule has 1 aliphatic heterocycles. The van der Waals surface area contributed by atoms with Gasteiger partial charge in [0.15, 0.2) is 0 Å². The molecule has 0 bridgehead atoms. The summed E-state index contributed by atoms with van der Waals surface area (Å²) in [6.07, 6.45) is 0.562. The standard InChI is InChI=1S/C19H22N2O2/c1-3-23-14(2)19(22)20-16-9-5-7-11-18(16)21-13-12-15-8-4-6-10-17(15)21/h4-11,14H,3,12-13H2,1-2H3,(H,20,22). The van der Waals surface area contributed by atoms with Gasteiger partial charge >= 0.3 is 0 Å². The van der Waals surface area contributed by atoms with E-state index in [0.29, 0.717) is 6.61 Å². The second kappa shape index (κ2) is 6.84. The van der Waals surface area contributed by atoms with Crippen molar-refractivity contribution in [3.8, 4) is 0 Å². The molecule has 120 valence electrons. The van der Waals surface area contributed by atoms with Crippen molar-refractivity contribution < 1.29 is 9.53 Å². The molecule has 3 rings (SSSR count). The van der Waals surface area contributed by atoms with Gasteiger partial charge < -0.3 is 15.0 Å². The third kappa shape index (κ3) is 3.22. The van der Waals surface area contributed by atoms with Crippen molar-refractivity contribution >= 4 is 23.0 Å². The molecule has 4 heteroatoms. The first-order valence-corrected chi connectivity index (χ1v) is 8.07. The number of benzene rings is 2. The van der Waals surface area contributed by atoms with E-state index in [1.54, 1.807) is 6.92 Å². The summed E-state index contributed by atoms with van der Waals surface area (Å²) in [7, 11) is 0. The number of para-hydroxylation sites is 3. The van der Waals surface area contributed by atoms with E-state index in [2.05, 4.69) is 34.5 Å². The third-order valence-corrected chi connectivity index (χ3v) is 4.13. The van der Waals surface area contributed by atoms with Gasteiger partial charge in [0.05, 0.1) is 11.4 Å². The van der Waals surface area contributed by atoms with Crippen LogP contribution in [0.25, 0.3) is 0 Å². The first kappa shape index (κ1) is 15.6. The molecule has 0 saturated carbocycles. The highest BCUT2D eigenvalue weighted by Crippen LogP contribution is 2.38. The van der Waals surface area contributed by atoms with Crippen molar-refractivity contribution in [2.45, 2.75) is 26.4 Å². The smallest absolute Gasteiger partial charge is 0.253 e. The molecule has 1 amide bonds. The fraction of sp³-hybridized carbons (Fsp3) is 0.316. The van der Waals surface area contributed by atoms with E-state index >= 15 is 0 Å². The van der Waals surface area contributed by atoms with Gasteiger partial charge in [0.25, 0.3) is 5.91 Å². The lowest BCUT2D eigenvalue weighted by atomic mass is 10.1. The number of amides is 1. The molecule has 0 fully saturated rings. The Morgan fingerprint density at radius 3 is 2.65 bits per heavy atom. The van der Waals surface area contributed by atoms with Crippen LogP contribution in [-0.4, -0.2) is 25.2 Å². The summed E-state index contributed by atoms with van der Waals surface area (Å²) in [4.78, 5) is 14.5. The first-order chi connectivity index (χ1) is 11.2. The fourth-order valence-corrected chi connectivity index (χ4v) is 2.96. The van der Waals surface area contributed by atoms with E-state index in [4.69, 9.17) is 4.74 Å². The topological polar surface area (TPSA) is 41.6 Å². The molecule has 0 aromatic heterocycles. The van der Waals surface area contributed by atoms with Gasteiger partial charge in [-0.25, -0.2) is 0 Å². The largest absolute Gasteiger partial charge is 0.369 e. The summed E-state index contributed by atoms with van der Waals surface area (Å²) in [5.41, 5.74) is 4.40. The molecule has 1 atom stereocenters. The highest BCUT2D eigenvalue weighted by Gasteiger charge is 2.23. The average Bonchev–Trinajstić information content (AvgIpc) is 2.99. The number of hydrogen-bond donors (Lipinski definition) is 1. The van der Waals surface area contributed by atoms with E-state index in [9.17, 15) is 4.79 Å². The number of fused-ring (bicyclic) bond motifs is 1. The van der Waals surface area contributed by atoms with Gasteiger partial charge in [-0.05, 0) is 44.0 Å². The molecule has 0 saturated heterocycles. The van der Waals surface area contributed by atoms with Gasteiger partial charge in [0.1, 0.15) is 6.10 Å². The zero-order valence-corrected chi connectivity index (χ0v) is 13.6. The second-order valence-corrected chi connectivity index (χ2v) is 5.63. The fourth-order valence-electron chi connectivity index (χ4n) is 2.96. The summed E-state index contributed by atoms with van der Waals surface area (Å²) in [6.45, 7) is 5.11. The van der Waals surface area contributed by atoms with E-state index in [-0.39, 0.29) is 5.91 Å². The number of rotatable bonds is 5. The molecular weight excluding hydrogens is 288 g/mol. The average molecular weight is 310 g/mol. The van der Waals surface area contributed by atoms with Crippen LogP contribution in [0.5, 0.6) is 0 Å². The van der Waals surface area contributed by atoms with Crippen LogP contribution in [0.4, 0.5) is 17.1 Å². The number of carbonyl (C=O) groups excluding carboxylic acids is 1. The van der Waals surface area contributed by atoms with Crippen LogP contribution in [0.3, 0.4) is 0 Å². The minimum atomic E-state index is -0.459. The Bertz CT molecular complexity index is 699. The van der Waals surface area contributed by atoms with Crippen molar-refractivity contribution in [3.05, 3.63) is 54.1 Å². The van der Waals surface area contributed by atoms with Crippen molar-refractivity contribution in [1.82, 2.24) is 0 Å². The molecular formula is C19H22N2O2. The molecule has 1 heterocycles. The van der Waals surface area contributed by atoms with Crippen LogP contribution >= 0.6 is 0 Å². The zero-order chi connectivity index (χ0) is 16.2. The molecule has 2 aromatic rings. The van der Waals surface area contributed by atoms with Crippen molar-refractivity contribution in [2.24, 2.45) is 0 Å². The minimum absolute atomic E-state index is 0.119. The Morgan fingerprint density at radius 1 is 1.17 bits per heavy atom. The maximum Gasteiger partial charge on any atom is 0.253 e. The number of carbonyl (C=O) groups is 1. The lowest BCUT2D eigenvalue weighted by molar-refractivity contribution is -0.126. The third-order valence-electron chi connectivity index (χ3n) is 4.13. The summed E-state index contributed by atoms with van der Waals surface area (Å²) in [5, 5.41) is 3.00. The second-order valence-electron chi connectivity index (χ2n) is 5.63. The van der Waals surface area contributed by atoms with E-state index in [0.717, 1.165) is 24.3 Å². The molecule has 1 unspecified atom stereocenters. The molecule has 0 radical (unpaired) electrons. The number of anilines is 3. The van der Waals surface area contributed by atoms with Crippen molar-refractivity contribution in [1.29, 1.82) is 0 Å². The zero-order valence-electron chi connectivity index (χ0n) is 13.6. The van der Waals surface area contributed by atoms with Crippen LogP contribution in [-0.2, 0) is 16.0 Å². The Kier molecular flexibility index (Phi) is 4.63.